The highest BCUT2D eigenvalue weighted by Crippen LogP contribution is 2.34. The van der Waals surface area contributed by atoms with Gasteiger partial charge in [0.05, 0.1) is 6.61 Å². The molecule has 4 nitrogen and oxygen atoms in total. The normalized spacial score (nSPS) is 22.6. The van der Waals surface area contributed by atoms with Crippen LogP contribution < -0.4 is 10.6 Å². The van der Waals surface area contributed by atoms with Crippen LogP contribution in [-0.2, 0) is 16.0 Å². The average Bonchev–Trinajstić information content (AvgIpc) is 2.62. The Morgan fingerprint density at radius 3 is 2.92 bits per heavy atom. The molecule has 0 spiro atoms. The molecular weight excluding hydrogens is 300 g/mol. The highest BCUT2D eigenvalue weighted by Gasteiger charge is 2.33. The van der Waals surface area contributed by atoms with Gasteiger partial charge in [0.25, 0.3) is 0 Å². The van der Waals surface area contributed by atoms with E-state index in [0.717, 1.165) is 51.9 Å². The summed E-state index contributed by atoms with van der Waals surface area (Å²) < 4.78 is 5.43. The Bertz CT molecular complexity index is 547. The maximum absolute atomic E-state index is 12.5. The van der Waals surface area contributed by atoms with Crippen molar-refractivity contribution in [2.45, 2.75) is 44.4 Å². The van der Waals surface area contributed by atoms with Crippen LogP contribution >= 0.6 is 0 Å². The molecule has 4 heteroatoms. The fraction of sp³-hybridized carbons (Fsp3) is 0.650. The number of fused-ring (bicyclic) bond motifs is 1. The predicted molar refractivity (Wildman–Crippen MR) is 96.2 cm³/mol. The van der Waals surface area contributed by atoms with E-state index in [0.29, 0.717) is 12.3 Å². The van der Waals surface area contributed by atoms with Crippen LogP contribution in [0.1, 0.15) is 49.1 Å². The number of carbonyl (C=O) groups is 1. The molecule has 1 fully saturated rings. The first-order valence-corrected chi connectivity index (χ1v) is 9.27. The van der Waals surface area contributed by atoms with Gasteiger partial charge in [0.2, 0.25) is 5.91 Å². The Hall–Kier alpha value is -1.39. The topological polar surface area (TPSA) is 50.4 Å². The lowest BCUT2D eigenvalue weighted by Crippen LogP contribution is -2.47. The van der Waals surface area contributed by atoms with Gasteiger partial charge in [0.15, 0.2) is 0 Å². The van der Waals surface area contributed by atoms with E-state index in [-0.39, 0.29) is 11.3 Å². The smallest absolute Gasteiger partial charge is 0.220 e. The number of carbonyl (C=O) groups excluding carboxylic acids is 1. The fourth-order valence-electron chi connectivity index (χ4n) is 4.28. The third-order valence-electron chi connectivity index (χ3n) is 5.70. The van der Waals surface area contributed by atoms with Crippen LogP contribution in [0.15, 0.2) is 24.3 Å². The van der Waals surface area contributed by atoms with Gasteiger partial charge >= 0.3 is 0 Å². The van der Waals surface area contributed by atoms with Gasteiger partial charge in [0.1, 0.15) is 0 Å². The minimum absolute atomic E-state index is 0.0974. The Morgan fingerprint density at radius 2 is 2.12 bits per heavy atom. The van der Waals surface area contributed by atoms with Crippen LogP contribution in [0.3, 0.4) is 0 Å². The summed E-state index contributed by atoms with van der Waals surface area (Å²) in [4.78, 5) is 12.5. The molecule has 1 aliphatic carbocycles. The predicted octanol–water partition coefficient (Wildman–Crippen LogP) is 2.63. The van der Waals surface area contributed by atoms with Gasteiger partial charge in [-0.2, -0.15) is 0 Å². The van der Waals surface area contributed by atoms with Gasteiger partial charge in [-0.1, -0.05) is 24.3 Å². The van der Waals surface area contributed by atoms with E-state index >= 15 is 0 Å². The second-order valence-corrected chi connectivity index (χ2v) is 7.45. The minimum atomic E-state index is 0.0974. The first kappa shape index (κ1) is 17.4. The molecule has 0 aromatic heterocycles. The summed E-state index contributed by atoms with van der Waals surface area (Å²) in [7, 11) is 1.75. The largest absolute Gasteiger partial charge is 0.384 e. The molecule has 2 N–H and O–H groups in total. The molecule has 1 unspecified atom stereocenters. The number of ether oxygens (including phenoxy) is 1. The van der Waals surface area contributed by atoms with Crippen LogP contribution in [0.25, 0.3) is 0 Å². The van der Waals surface area contributed by atoms with Crippen molar-refractivity contribution in [3.05, 3.63) is 35.4 Å². The quantitative estimate of drug-likeness (QED) is 0.843. The van der Waals surface area contributed by atoms with Crippen LogP contribution in [0.2, 0.25) is 0 Å². The number of amides is 1. The van der Waals surface area contributed by atoms with Crippen LogP contribution in [0.5, 0.6) is 0 Å². The zero-order valence-electron chi connectivity index (χ0n) is 14.8. The second kappa shape index (κ2) is 8.13. The number of nitrogens with one attached hydrogen (secondary N) is 2. The Morgan fingerprint density at radius 1 is 1.33 bits per heavy atom. The first-order chi connectivity index (χ1) is 11.7. The van der Waals surface area contributed by atoms with Gasteiger partial charge in [0, 0.05) is 25.5 Å². The summed E-state index contributed by atoms with van der Waals surface area (Å²) in [6.07, 6.45) is 6.20. The van der Waals surface area contributed by atoms with Gasteiger partial charge in [-0.25, -0.2) is 0 Å². The Kier molecular flexibility index (Phi) is 5.90. The SMILES string of the molecule is COCC1(CNC(=O)CC2CCCc3ccccc32)CCNCC1. The molecule has 0 radical (unpaired) electrons. The fourth-order valence-corrected chi connectivity index (χ4v) is 4.28. The number of benzene rings is 1. The Labute approximate surface area is 145 Å². The molecule has 1 aromatic carbocycles. The third kappa shape index (κ3) is 4.17. The lowest BCUT2D eigenvalue weighted by molar-refractivity contribution is -0.122. The molecule has 0 saturated carbocycles. The number of hydrogen-bond acceptors (Lipinski definition) is 3. The summed E-state index contributed by atoms with van der Waals surface area (Å²) in [5.74, 6) is 0.562. The van der Waals surface area contributed by atoms with E-state index in [4.69, 9.17) is 4.74 Å². The Balaban J connectivity index is 1.56. The number of rotatable bonds is 6. The summed E-state index contributed by atoms with van der Waals surface area (Å²) in [5.41, 5.74) is 2.91. The zero-order valence-corrected chi connectivity index (χ0v) is 14.8. The highest BCUT2D eigenvalue weighted by molar-refractivity contribution is 5.77. The monoisotopic (exact) mass is 330 g/mol. The van der Waals surface area contributed by atoms with Crippen molar-refractivity contribution in [3.63, 3.8) is 0 Å². The molecule has 3 rings (SSSR count). The summed E-state index contributed by atoms with van der Waals surface area (Å²) in [5, 5.41) is 6.60. The van der Waals surface area contributed by atoms with E-state index in [1.165, 1.54) is 17.5 Å². The zero-order chi connectivity index (χ0) is 16.8. The van der Waals surface area contributed by atoms with E-state index in [1.54, 1.807) is 7.11 Å². The molecule has 1 saturated heterocycles. The van der Waals surface area contributed by atoms with Gasteiger partial charge in [-0.15, -0.1) is 0 Å². The molecule has 1 aromatic rings. The maximum Gasteiger partial charge on any atom is 0.220 e. The third-order valence-corrected chi connectivity index (χ3v) is 5.70. The van der Waals surface area contributed by atoms with Crippen molar-refractivity contribution in [1.29, 1.82) is 0 Å². The molecule has 2 aliphatic rings. The molecular formula is C20H30N2O2. The standard InChI is InChI=1S/C20H30N2O2/c1-24-15-20(9-11-21-12-10-20)14-22-19(23)13-17-7-4-6-16-5-2-3-8-18(16)17/h2-3,5,8,17,21H,4,6-7,9-15H2,1H3,(H,22,23). The van der Waals surface area contributed by atoms with E-state index in [9.17, 15) is 4.79 Å². The van der Waals surface area contributed by atoms with Crippen molar-refractivity contribution >= 4 is 5.91 Å². The highest BCUT2D eigenvalue weighted by atomic mass is 16.5. The van der Waals surface area contributed by atoms with Crippen LogP contribution in [-0.4, -0.2) is 39.3 Å². The lowest BCUT2D eigenvalue weighted by Gasteiger charge is -2.37. The summed E-state index contributed by atoms with van der Waals surface area (Å²) >= 11 is 0. The van der Waals surface area contributed by atoms with Crippen molar-refractivity contribution in [1.82, 2.24) is 10.6 Å². The van der Waals surface area contributed by atoms with Gasteiger partial charge in [-0.3, -0.25) is 4.79 Å². The lowest BCUT2D eigenvalue weighted by atomic mass is 9.79. The van der Waals surface area contributed by atoms with Gasteiger partial charge in [-0.05, 0) is 62.2 Å². The van der Waals surface area contributed by atoms with Crippen LogP contribution in [0.4, 0.5) is 0 Å². The molecule has 132 valence electrons. The molecule has 1 atom stereocenters. The molecule has 0 bridgehead atoms. The van der Waals surface area contributed by atoms with Crippen LogP contribution in [0, 0.1) is 5.41 Å². The minimum Gasteiger partial charge on any atom is -0.384 e. The first-order valence-electron chi connectivity index (χ1n) is 9.27. The average molecular weight is 330 g/mol. The van der Waals surface area contributed by atoms with Gasteiger partial charge < -0.3 is 15.4 Å². The van der Waals surface area contributed by atoms with E-state index in [2.05, 4.69) is 34.9 Å². The number of piperidine rings is 1. The number of hydrogen-bond donors (Lipinski definition) is 2. The van der Waals surface area contributed by atoms with E-state index < -0.39 is 0 Å². The summed E-state index contributed by atoms with van der Waals surface area (Å²) in [6, 6.07) is 8.61. The molecule has 1 amide bonds. The number of aryl methyl sites for hydroxylation is 1. The van der Waals surface area contributed by atoms with E-state index in [1.807, 2.05) is 0 Å². The summed E-state index contributed by atoms with van der Waals surface area (Å²) in [6.45, 7) is 3.47. The number of methoxy groups -OCH3 is 1. The molecule has 1 heterocycles. The van der Waals surface area contributed by atoms with Crippen molar-refractivity contribution < 1.29 is 9.53 Å². The molecule has 24 heavy (non-hydrogen) atoms. The molecule has 1 aliphatic heterocycles. The maximum atomic E-state index is 12.5. The van der Waals surface area contributed by atoms with Crippen molar-refractivity contribution in [2.24, 2.45) is 5.41 Å². The van der Waals surface area contributed by atoms with Crippen molar-refractivity contribution in [3.8, 4) is 0 Å². The van der Waals surface area contributed by atoms with Crippen molar-refractivity contribution in [2.75, 3.05) is 33.4 Å². The second-order valence-electron chi connectivity index (χ2n) is 7.45.